The van der Waals surface area contributed by atoms with Gasteiger partial charge in [0.25, 0.3) is 0 Å². The Morgan fingerprint density at radius 1 is 1.60 bits per heavy atom. The van der Waals surface area contributed by atoms with Crippen molar-refractivity contribution in [3.8, 4) is 0 Å². The van der Waals surface area contributed by atoms with E-state index in [1.165, 1.54) is 5.56 Å². The van der Waals surface area contributed by atoms with Crippen molar-refractivity contribution >= 4 is 11.3 Å². The Morgan fingerprint density at radius 2 is 2.27 bits per heavy atom. The molecule has 3 N–H and O–H groups in total. The molecule has 0 aliphatic rings. The molecule has 1 heterocycles. The number of nitrogens with two attached hydrogens (primary N) is 1. The van der Waals surface area contributed by atoms with Crippen LogP contribution in [0, 0.1) is 0 Å². The van der Waals surface area contributed by atoms with Crippen molar-refractivity contribution in [2.24, 2.45) is 5.84 Å². The average Bonchev–Trinajstić information content (AvgIpc) is 2.71. The van der Waals surface area contributed by atoms with E-state index in [9.17, 15) is 0 Å². The molecule has 0 saturated heterocycles. The highest BCUT2D eigenvalue weighted by atomic mass is 32.1. The fraction of sp³-hybridized carbons (Fsp3) is 0.636. The summed E-state index contributed by atoms with van der Waals surface area (Å²) in [5, 5.41) is 4.24. The third-order valence-electron chi connectivity index (χ3n) is 3.40. The van der Waals surface area contributed by atoms with Crippen LogP contribution in [-0.2, 0) is 0 Å². The van der Waals surface area contributed by atoms with Crippen LogP contribution in [0.25, 0.3) is 0 Å². The first kappa shape index (κ1) is 12.6. The number of nitrogens with one attached hydrogen (secondary N) is 1. The van der Waals surface area contributed by atoms with Crippen LogP contribution in [0.2, 0.25) is 0 Å². The second-order valence-electron chi connectivity index (χ2n) is 4.26. The van der Waals surface area contributed by atoms with E-state index in [1.54, 1.807) is 11.3 Å². The van der Waals surface area contributed by atoms with Gasteiger partial charge in [-0.25, -0.2) is 0 Å². The lowest BCUT2D eigenvalue weighted by molar-refractivity contribution is 0.113. The van der Waals surface area contributed by atoms with Crippen molar-refractivity contribution < 1.29 is 0 Å². The number of rotatable bonds is 5. The first-order chi connectivity index (χ1) is 7.06. The van der Waals surface area contributed by atoms with Gasteiger partial charge in [-0.15, -0.1) is 0 Å². The topological polar surface area (TPSA) is 41.3 Å². The van der Waals surface area contributed by atoms with Gasteiger partial charge in [0.05, 0.1) is 6.04 Å². The highest BCUT2D eigenvalue weighted by Crippen LogP contribution is 2.32. The normalized spacial score (nSPS) is 17.7. The molecule has 86 valence electrons. The zero-order chi connectivity index (χ0) is 11.5. The van der Waals surface area contributed by atoms with Gasteiger partial charge >= 0.3 is 0 Å². The second-order valence-corrected chi connectivity index (χ2v) is 5.04. The molecular weight excluding hydrogens is 206 g/mol. The molecule has 0 aromatic carbocycles. The van der Waals surface area contributed by atoms with Gasteiger partial charge in [0.15, 0.2) is 0 Å². The Balaban J connectivity index is 2.99. The van der Waals surface area contributed by atoms with E-state index >= 15 is 0 Å². The summed E-state index contributed by atoms with van der Waals surface area (Å²) in [5.74, 6) is 5.69. The van der Waals surface area contributed by atoms with Crippen LogP contribution in [0.15, 0.2) is 16.8 Å². The van der Waals surface area contributed by atoms with E-state index in [1.807, 2.05) is 0 Å². The number of hydrogen-bond acceptors (Lipinski definition) is 4. The molecule has 0 saturated carbocycles. The summed E-state index contributed by atoms with van der Waals surface area (Å²) in [7, 11) is 4.19. The Labute approximate surface area is 96.2 Å². The molecule has 0 radical (unpaired) electrons. The standard InChI is InChI=1S/C11H21N3S/c1-5-11(2,14(3)4)10(13-12)9-6-7-15-8-9/h6-8,10,13H,5,12H2,1-4H3. The van der Waals surface area contributed by atoms with E-state index in [0.717, 1.165) is 6.42 Å². The summed E-state index contributed by atoms with van der Waals surface area (Å²) >= 11 is 1.71. The van der Waals surface area contributed by atoms with Crippen LogP contribution in [-0.4, -0.2) is 24.5 Å². The van der Waals surface area contributed by atoms with Crippen LogP contribution >= 0.6 is 11.3 Å². The van der Waals surface area contributed by atoms with Gasteiger partial charge in [0.1, 0.15) is 0 Å². The van der Waals surface area contributed by atoms with Gasteiger partial charge in [-0.1, -0.05) is 6.92 Å². The summed E-state index contributed by atoms with van der Waals surface area (Å²) in [6.45, 7) is 4.42. The molecule has 15 heavy (non-hydrogen) atoms. The largest absolute Gasteiger partial charge is 0.302 e. The number of hydrazine groups is 1. The molecule has 3 nitrogen and oxygen atoms in total. The maximum Gasteiger partial charge on any atom is 0.0648 e. The Hall–Kier alpha value is -0.420. The molecule has 2 atom stereocenters. The maximum atomic E-state index is 5.69. The molecule has 0 spiro atoms. The molecule has 1 aromatic rings. The minimum absolute atomic E-state index is 0.0375. The Bertz CT molecular complexity index is 284. The zero-order valence-corrected chi connectivity index (χ0v) is 10.8. The number of likely N-dealkylation sites (N-methyl/N-ethyl adjacent to an activating group) is 1. The minimum Gasteiger partial charge on any atom is -0.302 e. The molecule has 0 bridgehead atoms. The van der Waals surface area contributed by atoms with Gasteiger partial charge in [-0.2, -0.15) is 11.3 Å². The van der Waals surface area contributed by atoms with E-state index in [2.05, 4.69) is 55.1 Å². The van der Waals surface area contributed by atoms with Crippen molar-refractivity contribution in [2.75, 3.05) is 14.1 Å². The van der Waals surface area contributed by atoms with Crippen LogP contribution in [0.5, 0.6) is 0 Å². The fourth-order valence-corrected chi connectivity index (χ4v) is 2.54. The van der Waals surface area contributed by atoms with E-state index in [0.29, 0.717) is 0 Å². The lowest BCUT2D eigenvalue weighted by atomic mass is 9.85. The number of thiophene rings is 1. The average molecular weight is 227 g/mol. The summed E-state index contributed by atoms with van der Waals surface area (Å²) in [5.41, 5.74) is 4.24. The Morgan fingerprint density at radius 3 is 2.60 bits per heavy atom. The Kier molecular flexibility index (Phi) is 4.28. The molecule has 1 rings (SSSR count). The van der Waals surface area contributed by atoms with E-state index in [4.69, 9.17) is 5.84 Å². The summed E-state index contributed by atoms with van der Waals surface area (Å²) < 4.78 is 0. The zero-order valence-electron chi connectivity index (χ0n) is 9.95. The lowest BCUT2D eigenvalue weighted by Gasteiger charge is -2.42. The third-order valence-corrected chi connectivity index (χ3v) is 4.10. The van der Waals surface area contributed by atoms with Crippen LogP contribution in [0.1, 0.15) is 31.9 Å². The maximum absolute atomic E-state index is 5.69. The first-order valence-corrected chi connectivity index (χ1v) is 6.16. The fourth-order valence-electron chi connectivity index (χ4n) is 1.85. The number of hydrogen-bond donors (Lipinski definition) is 2. The second kappa shape index (κ2) is 5.07. The molecule has 4 heteroatoms. The van der Waals surface area contributed by atoms with Crippen molar-refractivity contribution in [2.45, 2.75) is 31.8 Å². The highest BCUT2D eigenvalue weighted by molar-refractivity contribution is 7.07. The van der Waals surface area contributed by atoms with Crippen molar-refractivity contribution in [1.29, 1.82) is 0 Å². The van der Waals surface area contributed by atoms with Gasteiger partial charge in [-0.05, 0) is 49.8 Å². The van der Waals surface area contributed by atoms with Gasteiger partial charge < -0.3 is 4.90 Å². The quantitative estimate of drug-likeness (QED) is 0.597. The SMILES string of the molecule is CCC(C)(C(NN)c1ccsc1)N(C)C. The highest BCUT2D eigenvalue weighted by Gasteiger charge is 2.35. The summed E-state index contributed by atoms with van der Waals surface area (Å²) in [6.07, 6.45) is 1.05. The molecule has 0 fully saturated rings. The monoisotopic (exact) mass is 227 g/mol. The number of nitrogens with zero attached hydrogens (tertiary/aromatic N) is 1. The first-order valence-electron chi connectivity index (χ1n) is 5.22. The third kappa shape index (κ3) is 2.39. The van der Waals surface area contributed by atoms with Crippen LogP contribution in [0.4, 0.5) is 0 Å². The van der Waals surface area contributed by atoms with Crippen molar-refractivity contribution in [1.82, 2.24) is 10.3 Å². The predicted octanol–water partition coefficient (Wildman–Crippen LogP) is 1.98. The van der Waals surface area contributed by atoms with Crippen LogP contribution in [0.3, 0.4) is 0 Å². The molecule has 0 aliphatic heterocycles. The van der Waals surface area contributed by atoms with Crippen molar-refractivity contribution in [3.63, 3.8) is 0 Å². The summed E-state index contributed by atoms with van der Waals surface area (Å²) in [4.78, 5) is 2.23. The smallest absolute Gasteiger partial charge is 0.0648 e. The predicted molar refractivity (Wildman–Crippen MR) is 66.8 cm³/mol. The molecule has 0 amide bonds. The summed E-state index contributed by atoms with van der Waals surface area (Å²) in [6, 6.07) is 2.30. The minimum atomic E-state index is 0.0375. The van der Waals surface area contributed by atoms with Crippen LogP contribution < -0.4 is 11.3 Å². The van der Waals surface area contributed by atoms with E-state index in [-0.39, 0.29) is 11.6 Å². The molecular formula is C11H21N3S. The van der Waals surface area contributed by atoms with Gasteiger partial charge in [0.2, 0.25) is 0 Å². The van der Waals surface area contributed by atoms with E-state index < -0.39 is 0 Å². The van der Waals surface area contributed by atoms with Gasteiger partial charge in [-0.3, -0.25) is 11.3 Å². The van der Waals surface area contributed by atoms with Crippen molar-refractivity contribution in [3.05, 3.63) is 22.4 Å². The van der Waals surface area contributed by atoms with Gasteiger partial charge in [0, 0.05) is 5.54 Å². The molecule has 1 aromatic heterocycles. The molecule has 0 aliphatic carbocycles. The molecule has 2 unspecified atom stereocenters. The lowest BCUT2D eigenvalue weighted by Crippen LogP contribution is -2.52.